The molecule has 20 heteroatoms. The first-order chi connectivity index (χ1) is 14.8. The predicted octanol–water partition coefficient (Wildman–Crippen LogP) is -2.50. The van der Waals surface area contributed by atoms with Gasteiger partial charge in [-0.15, -0.1) is 22.9 Å². The van der Waals surface area contributed by atoms with E-state index in [0.717, 1.165) is 18.4 Å². The molecule has 1 fully saturated rings. The topological polar surface area (TPSA) is 211 Å². The zero-order chi connectivity index (χ0) is 24.3. The summed E-state index contributed by atoms with van der Waals surface area (Å²) in [6, 6.07) is -3.14. The molecular formula is C13H17ClN5NaO10S3. The average molecular weight is 558 g/mol. The number of alkyl halides is 1. The molecule has 1 aromatic rings. The van der Waals surface area contributed by atoms with Crippen molar-refractivity contribution >= 4 is 101 Å². The van der Waals surface area contributed by atoms with E-state index >= 15 is 0 Å². The van der Waals surface area contributed by atoms with Crippen LogP contribution in [0.3, 0.4) is 0 Å². The molecule has 0 spiro atoms. The van der Waals surface area contributed by atoms with E-state index in [0.29, 0.717) is 6.26 Å². The van der Waals surface area contributed by atoms with Crippen molar-refractivity contribution in [2.24, 2.45) is 5.16 Å². The molecule has 3 N–H and O–H groups in total. The zero-order valence-electron chi connectivity index (χ0n) is 16.2. The van der Waals surface area contributed by atoms with E-state index in [1.165, 1.54) is 5.38 Å². The van der Waals surface area contributed by atoms with Gasteiger partial charge < -0.3 is 15.5 Å². The fourth-order valence-corrected chi connectivity index (χ4v) is 4.45. The summed E-state index contributed by atoms with van der Waals surface area (Å²) in [5.74, 6) is -3.18. The number of anilines is 1. The average Bonchev–Trinajstić information content (AvgIpc) is 3.12. The number of hydrogen-bond acceptors (Lipinski definition) is 12. The van der Waals surface area contributed by atoms with Crippen LogP contribution in [-0.2, 0) is 43.8 Å². The number of hydrogen-bond donors (Lipinski definition) is 3. The number of β-lactam (4-membered cyclic amide) rings is 1. The monoisotopic (exact) mass is 557 g/mol. The molecule has 15 nitrogen and oxygen atoms in total. The molecule has 2 atom stereocenters. The summed E-state index contributed by atoms with van der Waals surface area (Å²) in [6.45, 7) is -0.864. The number of halogens is 1. The molecule has 33 heavy (non-hydrogen) atoms. The molecule has 180 valence electrons. The number of rotatable bonds is 10. The number of nitrogens with one attached hydrogen (secondary N) is 2. The molecule has 0 radical (unpaired) electrons. The van der Waals surface area contributed by atoms with Crippen LogP contribution in [0.1, 0.15) is 5.69 Å². The number of nitrogens with zero attached hydrogens (tertiary/aromatic N) is 3. The third-order valence-corrected chi connectivity index (χ3v) is 6.18. The first-order valence-corrected chi connectivity index (χ1v) is 12.8. The van der Waals surface area contributed by atoms with Gasteiger partial charge in [-0.2, -0.15) is 16.8 Å². The van der Waals surface area contributed by atoms with Crippen LogP contribution in [0.5, 0.6) is 0 Å². The second kappa shape index (κ2) is 11.8. The minimum absolute atomic E-state index is 0. The molecule has 2 heterocycles. The summed E-state index contributed by atoms with van der Waals surface area (Å²) in [4.78, 5) is 44.8. The van der Waals surface area contributed by atoms with Crippen molar-refractivity contribution in [2.75, 3.05) is 31.2 Å². The molecule has 1 aliphatic heterocycles. The van der Waals surface area contributed by atoms with Crippen molar-refractivity contribution < 1.29 is 44.8 Å². The third-order valence-electron chi connectivity index (χ3n) is 3.67. The van der Waals surface area contributed by atoms with Crippen LogP contribution in [-0.4, -0.2) is 122 Å². The zero-order valence-corrected chi connectivity index (χ0v) is 19.4. The van der Waals surface area contributed by atoms with Crippen LogP contribution in [0.4, 0.5) is 5.13 Å². The van der Waals surface area contributed by atoms with Crippen molar-refractivity contribution in [1.82, 2.24) is 14.6 Å². The Balaban J connectivity index is 0.00000544. The number of aromatic nitrogens is 1. The van der Waals surface area contributed by atoms with Gasteiger partial charge >= 0.3 is 39.9 Å². The molecule has 1 saturated heterocycles. The molecule has 1 aliphatic rings. The van der Waals surface area contributed by atoms with E-state index in [1.54, 1.807) is 0 Å². The number of amides is 3. The van der Waals surface area contributed by atoms with E-state index in [9.17, 15) is 35.8 Å². The van der Waals surface area contributed by atoms with Gasteiger partial charge in [-0.05, 0) is 0 Å². The second-order valence-corrected chi connectivity index (χ2v) is 10.0. The fourth-order valence-electron chi connectivity index (χ4n) is 2.42. The summed E-state index contributed by atoms with van der Waals surface area (Å²) in [5.41, 5.74) is -0.516. The SMILES string of the molecule is CO/N=C(\C(=O)NC1C(=O)N(S(=O)(=O)O)C1COS(C)(=O)=O)c1csc(NC(=O)CCl)n1.[NaH]. The van der Waals surface area contributed by atoms with Gasteiger partial charge in [0.2, 0.25) is 5.91 Å². The third kappa shape index (κ3) is 7.82. The van der Waals surface area contributed by atoms with E-state index in [1.807, 2.05) is 0 Å². The van der Waals surface area contributed by atoms with Crippen LogP contribution in [0.25, 0.3) is 0 Å². The molecule has 1 aromatic heterocycles. The first-order valence-electron chi connectivity index (χ1n) is 8.17. The van der Waals surface area contributed by atoms with Crippen molar-refractivity contribution in [3.8, 4) is 0 Å². The van der Waals surface area contributed by atoms with Crippen LogP contribution >= 0.6 is 22.9 Å². The molecule has 0 aliphatic carbocycles. The van der Waals surface area contributed by atoms with Gasteiger partial charge in [-0.1, -0.05) is 5.16 Å². The van der Waals surface area contributed by atoms with E-state index in [2.05, 4.69) is 29.8 Å². The molecule has 2 unspecified atom stereocenters. The van der Waals surface area contributed by atoms with Crippen LogP contribution in [0.15, 0.2) is 10.5 Å². The van der Waals surface area contributed by atoms with Crippen molar-refractivity contribution in [3.63, 3.8) is 0 Å². The normalized spacial score (nSPS) is 18.7. The number of oxime groups is 1. The summed E-state index contributed by atoms with van der Waals surface area (Å²) in [6.07, 6.45) is 0.686. The molecule has 0 aromatic carbocycles. The molecule has 3 amide bonds. The maximum absolute atomic E-state index is 12.7. The van der Waals surface area contributed by atoms with E-state index in [4.69, 9.17) is 11.6 Å². The van der Waals surface area contributed by atoms with Crippen LogP contribution in [0.2, 0.25) is 0 Å². The Morgan fingerprint density at radius 1 is 1.36 bits per heavy atom. The summed E-state index contributed by atoms with van der Waals surface area (Å²) >= 11 is 6.32. The minimum atomic E-state index is -5.05. The van der Waals surface area contributed by atoms with Crippen molar-refractivity contribution in [1.29, 1.82) is 0 Å². The second-order valence-electron chi connectivity index (χ2n) is 5.96. The Morgan fingerprint density at radius 3 is 2.52 bits per heavy atom. The Bertz CT molecular complexity index is 1160. The summed E-state index contributed by atoms with van der Waals surface area (Å²) < 4.78 is 58.9. The first kappa shape index (κ1) is 29.7. The molecule has 2 rings (SSSR count). The molecular weight excluding hydrogens is 541 g/mol. The van der Waals surface area contributed by atoms with Gasteiger partial charge in [-0.3, -0.25) is 23.1 Å². The van der Waals surface area contributed by atoms with E-state index in [-0.39, 0.29) is 50.6 Å². The van der Waals surface area contributed by atoms with Gasteiger partial charge in [0.1, 0.15) is 30.8 Å². The Kier molecular flexibility index (Phi) is 10.6. The number of carbonyl (C=O) groups excluding carboxylic acids is 3. The van der Waals surface area contributed by atoms with Gasteiger partial charge in [-0.25, -0.2) is 9.29 Å². The van der Waals surface area contributed by atoms with E-state index < -0.39 is 62.5 Å². The number of thiazole rings is 1. The summed E-state index contributed by atoms with van der Waals surface area (Å²) in [7, 11) is -7.97. The van der Waals surface area contributed by atoms with Gasteiger partial charge in [0.15, 0.2) is 10.8 Å². The van der Waals surface area contributed by atoms with Gasteiger partial charge in [0.25, 0.3) is 21.9 Å². The Hall–Kier alpha value is -1.38. The molecule has 0 saturated carbocycles. The van der Waals surface area contributed by atoms with Gasteiger partial charge in [0.05, 0.1) is 12.9 Å². The maximum atomic E-state index is 12.7. The van der Waals surface area contributed by atoms with Crippen molar-refractivity contribution in [3.05, 3.63) is 11.1 Å². The molecule has 0 bridgehead atoms. The van der Waals surface area contributed by atoms with Crippen molar-refractivity contribution in [2.45, 2.75) is 12.1 Å². The summed E-state index contributed by atoms with van der Waals surface area (Å²) in [5, 5.41) is 9.45. The Labute approximate surface area is 219 Å². The fraction of sp³-hybridized carbons (Fsp3) is 0.462. The van der Waals surface area contributed by atoms with Crippen LogP contribution < -0.4 is 10.6 Å². The van der Waals surface area contributed by atoms with Gasteiger partial charge in [0, 0.05) is 5.38 Å². The number of carbonyl (C=O) groups is 3. The quantitative estimate of drug-likeness (QED) is 0.0520. The standard InChI is InChI=1S/C13H16ClN5O10S3.Na.H/c1-28-18-9(6-5-30-13(15-6)16-8(20)3-14)11(21)17-10-7(4-29-31(2,23)24)19(12(10)22)32(25,26)27;;/h5,7,10H,3-4H2,1-2H3,(H,17,21)(H,15,16,20)(H,25,26,27);;/b18-9-;;. The predicted molar refractivity (Wildman–Crippen MR) is 117 cm³/mol. The Morgan fingerprint density at radius 2 is 2.00 bits per heavy atom. The van der Waals surface area contributed by atoms with Crippen LogP contribution in [0, 0.1) is 0 Å².